The second kappa shape index (κ2) is 7.82. The van der Waals surface area contributed by atoms with E-state index in [0.29, 0.717) is 11.4 Å². The van der Waals surface area contributed by atoms with Crippen LogP contribution < -0.4 is 0 Å². The third kappa shape index (κ3) is 4.21. The SMILES string of the molecule is CCS(=O)(=O)c1cnc2c(c1)nc(C(C)(C)C)n2CC1CCOCC1.Cl. The number of rotatable bonds is 4. The van der Waals surface area contributed by atoms with Crippen molar-refractivity contribution in [3.63, 3.8) is 0 Å². The van der Waals surface area contributed by atoms with Crippen molar-refractivity contribution in [2.75, 3.05) is 19.0 Å². The van der Waals surface area contributed by atoms with Crippen molar-refractivity contribution < 1.29 is 13.2 Å². The van der Waals surface area contributed by atoms with Crippen LogP contribution in [0.3, 0.4) is 0 Å². The zero-order valence-corrected chi connectivity index (χ0v) is 17.5. The Hall–Kier alpha value is -1.18. The number of ether oxygens (including phenoxy) is 1. The van der Waals surface area contributed by atoms with Crippen LogP contribution in [0, 0.1) is 5.92 Å². The minimum atomic E-state index is -3.28. The fourth-order valence-corrected chi connectivity index (χ4v) is 4.10. The molecular formula is C18H28ClN3O3S. The number of imidazole rings is 1. The lowest BCUT2D eigenvalue weighted by Gasteiger charge is -2.26. The number of aromatic nitrogens is 3. The van der Waals surface area contributed by atoms with Gasteiger partial charge in [-0.15, -0.1) is 12.4 Å². The van der Waals surface area contributed by atoms with Crippen LogP contribution in [0.5, 0.6) is 0 Å². The largest absolute Gasteiger partial charge is 0.381 e. The summed E-state index contributed by atoms with van der Waals surface area (Å²) in [5, 5.41) is 0. The Morgan fingerprint density at radius 2 is 1.92 bits per heavy atom. The predicted octanol–water partition coefficient (Wildman–Crippen LogP) is 3.37. The molecule has 0 atom stereocenters. The lowest BCUT2D eigenvalue weighted by atomic mass is 9.94. The van der Waals surface area contributed by atoms with Gasteiger partial charge in [-0.05, 0) is 24.8 Å². The minimum Gasteiger partial charge on any atom is -0.381 e. The monoisotopic (exact) mass is 401 g/mol. The molecule has 0 saturated carbocycles. The first-order valence-corrected chi connectivity index (χ1v) is 10.5. The number of hydrogen-bond donors (Lipinski definition) is 0. The van der Waals surface area contributed by atoms with Crippen molar-refractivity contribution in [3.05, 3.63) is 18.1 Å². The van der Waals surface area contributed by atoms with E-state index in [1.54, 1.807) is 13.0 Å². The zero-order chi connectivity index (χ0) is 18.2. The fourth-order valence-electron chi connectivity index (χ4n) is 3.26. The van der Waals surface area contributed by atoms with E-state index >= 15 is 0 Å². The summed E-state index contributed by atoms with van der Waals surface area (Å²) in [7, 11) is -3.28. The topological polar surface area (TPSA) is 74.1 Å². The number of pyridine rings is 1. The molecule has 0 radical (unpaired) electrons. The van der Waals surface area contributed by atoms with Gasteiger partial charge in [-0.3, -0.25) is 0 Å². The van der Waals surface area contributed by atoms with E-state index in [9.17, 15) is 8.42 Å². The summed E-state index contributed by atoms with van der Waals surface area (Å²) >= 11 is 0. The van der Waals surface area contributed by atoms with E-state index in [-0.39, 0.29) is 28.5 Å². The average molecular weight is 402 g/mol. The lowest BCUT2D eigenvalue weighted by molar-refractivity contribution is 0.0611. The molecule has 0 spiro atoms. The molecule has 26 heavy (non-hydrogen) atoms. The van der Waals surface area contributed by atoms with Crippen molar-refractivity contribution >= 4 is 33.4 Å². The number of hydrogen-bond acceptors (Lipinski definition) is 5. The molecule has 3 rings (SSSR count). The Kier molecular flexibility index (Phi) is 6.36. The van der Waals surface area contributed by atoms with Gasteiger partial charge in [-0.25, -0.2) is 18.4 Å². The molecule has 1 saturated heterocycles. The number of fused-ring (bicyclic) bond motifs is 1. The van der Waals surface area contributed by atoms with Crippen molar-refractivity contribution in [3.8, 4) is 0 Å². The van der Waals surface area contributed by atoms with Crippen LogP contribution in [-0.4, -0.2) is 41.9 Å². The Bertz CT molecular complexity index is 866. The van der Waals surface area contributed by atoms with Gasteiger partial charge in [-0.1, -0.05) is 27.7 Å². The molecular weight excluding hydrogens is 374 g/mol. The molecule has 6 nitrogen and oxygen atoms in total. The van der Waals surface area contributed by atoms with Crippen molar-refractivity contribution in [2.45, 2.75) is 57.4 Å². The summed E-state index contributed by atoms with van der Waals surface area (Å²) in [6.07, 6.45) is 3.53. The maximum Gasteiger partial charge on any atom is 0.179 e. The molecule has 3 heterocycles. The van der Waals surface area contributed by atoms with E-state index in [2.05, 4.69) is 30.3 Å². The summed E-state index contributed by atoms with van der Waals surface area (Å²) in [6, 6.07) is 1.66. The summed E-state index contributed by atoms with van der Waals surface area (Å²) < 4.78 is 32.0. The van der Waals surface area contributed by atoms with Gasteiger partial charge in [0, 0.05) is 31.4 Å². The zero-order valence-electron chi connectivity index (χ0n) is 15.9. The minimum absolute atomic E-state index is 0. The van der Waals surface area contributed by atoms with Crippen molar-refractivity contribution in [1.82, 2.24) is 14.5 Å². The normalized spacial score (nSPS) is 16.6. The van der Waals surface area contributed by atoms with E-state index in [0.717, 1.165) is 44.1 Å². The summed E-state index contributed by atoms with van der Waals surface area (Å²) in [5.74, 6) is 1.55. The van der Waals surface area contributed by atoms with Crippen LogP contribution in [0.25, 0.3) is 11.2 Å². The first-order valence-electron chi connectivity index (χ1n) is 8.89. The first-order chi connectivity index (χ1) is 11.7. The average Bonchev–Trinajstić information content (AvgIpc) is 2.94. The molecule has 2 aromatic heterocycles. The van der Waals surface area contributed by atoms with Gasteiger partial charge in [-0.2, -0.15) is 0 Å². The van der Waals surface area contributed by atoms with Crippen molar-refractivity contribution in [2.24, 2.45) is 5.92 Å². The van der Waals surface area contributed by atoms with Gasteiger partial charge in [0.15, 0.2) is 15.5 Å². The van der Waals surface area contributed by atoms with E-state index in [4.69, 9.17) is 9.72 Å². The standard InChI is InChI=1S/C18H27N3O3S.ClH/c1-5-25(22,23)14-10-15-16(19-11-14)21(17(20-15)18(2,3)4)12-13-6-8-24-9-7-13;/h10-11,13H,5-9,12H2,1-4H3;1H. The molecule has 0 bridgehead atoms. The van der Waals surface area contributed by atoms with Gasteiger partial charge in [0.2, 0.25) is 0 Å². The Morgan fingerprint density at radius 1 is 1.27 bits per heavy atom. The van der Waals surface area contributed by atoms with Gasteiger partial charge in [0.1, 0.15) is 11.3 Å². The molecule has 146 valence electrons. The smallest absolute Gasteiger partial charge is 0.179 e. The van der Waals surface area contributed by atoms with Crippen LogP contribution in [0.15, 0.2) is 17.2 Å². The molecule has 8 heteroatoms. The van der Waals surface area contributed by atoms with E-state index in [1.165, 1.54) is 6.20 Å². The molecule has 0 amide bonds. The van der Waals surface area contributed by atoms with E-state index < -0.39 is 9.84 Å². The maximum atomic E-state index is 12.2. The second-order valence-corrected chi connectivity index (χ2v) is 10.0. The third-order valence-electron chi connectivity index (χ3n) is 4.75. The van der Waals surface area contributed by atoms with Crippen LogP contribution in [0.1, 0.15) is 46.4 Å². The molecule has 0 N–H and O–H groups in total. The molecule has 1 aliphatic heterocycles. The van der Waals surface area contributed by atoms with Crippen LogP contribution in [0.4, 0.5) is 0 Å². The lowest BCUT2D eigenvalue weighted by Crippen LogP contribution is -2.25. The van der Waals surface area contributed by atoms with Crippen molar-refractivity contribution in [1.29, 1.82) is 0 Å². The molecule has 0 aliphatic carbocycles. The Labute approximate surface area is 161 Å². The summed E-state index contributed by atoms with van der Waals surface area (Å²) in [5.41, 5.74) is 1.29. The Morgan fingerprint density at radius 3 is 2.50 bits per heavy atom. The van der Waals surface area contributed by atoms with E-state index in [1.807, 2.05) is 0 Å². The molecule has 1 fully saturated rings. The number of nitrogens with zero attached hydrogens (tertiary/aromatic N) is 3. The Balaban J connectivity index is 0.00000243. The quantitative estimate of drug-likeness (QED) is 0.785. The molecule has 0 unspecified atom stereocenters. The summed E-state index contributed by atoms with van der Waals surface area (Å²) in [4.78, 5) is 9.50. The molecule has 2 aromatic rings. The molecule has 1 aliphatic rings. The highest BCUT2D eigenvalue weighted by Crippen LogP contribution is 2.29. The highest BCUT2D eigenvalue weighted by atomic mass is 35.5. The van der Waals surface area contributed by atoms with Gasteiger partial charge in [0.25, 0.3) is 0 Å². The van der Waals surface area contributed by atoms with Crippen LogP contribution in [-0.2, 0) is 26.5 Å². The maximum absolute atomic E-state index is 12.2. The number of sulfone groups is 1. The highest BCUT2D eigenvalue weighted by molar-refractivity contribution is 7.91. The molecule has 0 aromatic carbocycles. The third-order valence-corrected chi connectivity index (χ3v) is 6.45. The van der Waals surface area contributed by atoms with Gasteiger partial charge >= 0.3 is 0 Å². The first kappa shape index (κ1) is 21.1. The van der Waals surface area contributed by atoms with Crippen LogP contribution >= 0.6 is 12.4 Å². The fraction of sp³-hybridized carbons (Fsp3) is 0.667. The van der Waals surface area contributed by atoms with Gasteiger partial charge < -0.3 is 9.30 Å². The second-order valence-electron chi connectivity index (χ2n) is 7.77. The van der Waals surface area contributed by atoms with Gasteiger partial charge in [0.05, 0.1) is 10.6 Å². The summed E-state index contributed by atoms with van der Waals surface area (Å²) in [6.45, 7) is 10.5. The predicted molar refractivity (Wildman–Crippen MR) is 105 cm³/mol. The highest BCUT2D eigenvalue weighted by Gasteiger charge is 2.26. The number of halogens is 1. The van der Waals surface area contributed by atoms with Crippen LogP contribution in [0.2, 0.25) is 0 Å².